The van der Waals surface area contributed by atoms with Crippen molar-refractivity contribution in [2.45, 2.75) is 39.3 Å². The third kappa shape index (κ3) is 5.03. The van der Waals surface area contributed by atoms with Crippen molar-refractivity contribution in [3.63, 3.8) is 0 Å². The van der Waals surface area contributed by atoms with E-state index in [1.165, 1.54) is 0 Å². The van der Waals surface area contributed by atoms with Gasteiger partial charge in [0.15, 0.2) is 0 Å². The van der Waals surface area contributed by atoms with Gasteiger partial charge in [0.25, 0.3) is 5.91 Å². The Morgan fingerprint density at radius 2 is 2.00 bits per heavy atom. The molecule has 0 bridgehead atoms. The molecule has 0 saturated carbocycles. The fraction of sp³-hybridized carbons (Fsp3) is 0.765. The summed E-state index contributed by atoms with van der Waals surface area (Å²) in [4.78, 5) is 16.6. The molecule has 136 valence electrons. The van der Waals surface area contributed by atoms with Crippen LogP contribution in [0.1, 0.15) is 38.1 Å². The van der Waals surface area contributed by atoms with Crippen LogP contribution in [0.4, 0.5) is 0 Å². The standard InChI is InChI=1S/C17H30N4O3/c1-5-24-13-15(22)12-19-6-8-20(9-7-19)16(23)14-10-18-21(11-14)17(2,3)4/h10-11,15,22H,5-9,12-13H2,1-4H3. The lowest BCUT2D eigenvalue weighted by Gasteiger charge is -2.35. The predicted molar refractivity (Wildman–Crippen MR) is 92.1 cm³/mol. The van der Waals surface area contributed by atoms with E-state index in [1.807, 2.05) is 22.7 Å². The number of nitrogens with zero attached hydrogens (tertiary/aromatic N) is 4. The van der Waals surface area contributed by atoms with E-state index in [0.717, 1.165) is 13.1 Å². The molecule has 1 aliphatic heterocycles. The molecule has 7 heteroatoms. The van der Waals surface area contributed by atoms with Crippen molar-refractivity contribution < 1.29 is 14.6 Å². The average Bonchev–Trinajstić information content (AvgIpc) is 3.03. The number of hydrogen-bond donors (Lipinski definition) is 1. The van der Waals surface area contributed by atoms with Crippen LogP contribution in [-0.4, -0.2) is 82.6 Å². The van der Waals surface area contributed by atoms with Gasteiger partial charge >= 0.3 is 0 Å². The first-order valence-corrected chi connectivity index (χ1v) is 8.64. The lowest BCUT2D eigenvalue weighted by Crippen LogP contribution is -2.50. The highest BCUT2D eigenvalue weighted by Crippen LogP contribution is 2.15. The monoisotopic (exact) mass is 338 g/mol. The summed E-state index contributed by atoms with van der Waals surface area (Å²) in [6.45, 7) is 12.5. The minimum atomic E-state index is -0.475. The van der Waals surface area contributed by atoms with Gasteiger partial charge < -0.3 is 14.7 Å². The molecule has 24 heavy (non-hydrogen) atoms. The summed E-state index contributed by atoms with van der Waals surface area (Å²) in [6.07, 6.45) is 2.99. The molecular weight excluding hydrogens is 308 g/mol. The lowest BCUT2D eigenvalue weighted by molar-refractivity contribution is 0.0111. The van der Waals surface area contributed by atoms with Crippen molar-refractivity contribution in [2.75, 3.05) is 45.9 Å². The summed E-state index contributed by atoms with van der Waals surface area (Å²) in [5.41, 5.74) is 0.503. The van der Waals surface area contributed by atoms with Crippen LogP contribution in [0.2, 0.25) is 0 Å². The van der Waals surface area contributed by atoms with Gasteiger partial charge in [-0.25, -0.2) is 0 Å². The minimum absolute atomic E-state index is 0.0278. The molecule has 0 aromatic carbocycles. The van der Waals surface area contributed by atoms with Crippen LogP contribution in [0.5, 0.6) is 0 Å². The third-order valence-electron chi connectivity index (χ3n) is 4.16. The number of aliphatic hydroxyl groups excluding tert-OH is 1. The second-order valence-corrected chi connectivity index (χ2v) is 7.25. The maximum Gasteiger partial charge on any atom is 0.257 e. The number of rotatable bonds is 6. The zero-order chi connectivity index (χ0) is 17.7. The van der Waals surface area contributed by atoms with Crippen LogP contribution < -0.4 is 0 Å². The van der Waals surface area contributed by atoms with Gasteiger partial charge in [-0.1, -0.05) is 0 Å². The summed E-state index contributed by atoms with van der Waals surface area (Å²) < 4.78 is 7.05. The Hall–Kier alpha value is -1.44. The summed E-state index contributed by atoms with van der Waals surface area (Å²) in [5.74, 6) is 0.0278. The predicted octanol–water partition coefficient (Wildman–Crippen LogP) is 0.793. The van der Waals surface area contributed by atoms with Crippen LogP contribution in [0, 0.1) is 0 Å². The van der Waals surface area contributed by atoms with Crippen molar-refractivity contribution in [3.8, 4) is 0 Å². The van der Waals surface area contributed by atoms with Crippen molar-refractivity contribution in [2.24, 2.45) is 0 Å². The third-order valence-corrected chi connectivity index (χ3v) is 4.16. The van der Waals surface area contributed by atoms with Crippen molar-refractivity contribution >= 4 is 5.91 Å². The summed E-state index contributed by atoms with van der Waals surface area (Å²) >= 11 is 0. The topological polar surface area (TPSA) is 70.8 Å². The second-order valence-electron chi connectivity index (χ2n) is 7.25. The Labute approximate surface area is 144 Å². The molecule has 1 unspecified atom stereocenters. The number of carbonyl (C=O) groups excluding carboxylic acids is 1. The Kier molecular flexibility index (Phi) is 6.37. The zero-order valence-corrected chi connectivity index (χ0v) is 15.2. The zero-order valence-electron chi connectivity index (χ0n) is 15.2. The number of ether oxygens (including phenoxy) is 1. The number of carbonyl (C=O) groups is 1. The van der Waals surface area contributed by atoms with Gasteiger partial charge in [0.1, 0.15) is 0 Å². The fourth-order valence-corrected chi connectivity index (χ4v) is 2.72. The highest BCUT2D eigenvalue weighted by Gasteiger charge is 2.25. The first kappa shape index (κ1) is 18.9. The summed E-state index contributed by atoms with van der Waals surface area (Å²) in [6, 6.07) is 0. The van der Waals surface area contributed by atoms with Crippen LogP contribution in [-0.2, 0) is 10.3 Å². The van der Waals surface area contributed by atoms with Crippen LogP contribution in [0.3, 0.4) is 0 Å². The molecule has 1 saturated heterocycles. The highest BCUT2D eigenvalue weighted by atomic mass is 16.5. The first-order chi connectivity index (χ1) is 11.3. The lowest BCUT2D eigenvalue weighted by atomic mass is 10.1. The van der Waals surface area contributed by atoms with Crippen LogP contribution >= 0.6 is 0 Å². The molecule has 1 amide bonds. The SMILES string of the molecule is CCOCC(O)CN1CCN(C(=O)c2cnn(C(C)(C)C)c2)CC1. The normalized spacial score (nSPS) is 18.0. The molecule has 1 aromatic rings. The minimum Gasteiger partial charge on any atom is -0.389 e. The second kappa shape index (κ2) is 8.09. The molecule has 7 nitrogen and oxygen atoms in total. The Morgan fingerprint density at radius 1 is 1.33 bits per heavy atom. The van der Waals surface area contributed by atoms with E-state index in [9.17, 15) is 9.90 Å². The quantitative estimate of drug-likeness (QED) is 0.830. The van der Waals surface area contributed by atoms with E-state index in [4.69, 9.17) is 4.74 Å². The molecule has 0 radical (unpaired) electrons. The molecular formula is C17H30N4O3. The Balaban J connectivity index is 1.83. The molecule has 1 atom stereocenters. The molecule has 1 aromatic heterocycles. The largest absolute Gasteiger partial charge is 0.389 e. The fourth-order valence-electron chi connectivity index (χ4n) is 2.72. The Bertz CT molecular complexity index is 530. The first-order valence-electron chi connectivity index (χ1n) is 8.64. The number of β-amino-alcohol motifs (C(OH)–C–C–N with tert-alkyl or cyclic N) is 1. The van der Waals surface area contributed by atoms with Gasteiger partial charge in [0, 0.05) is 45.5 Å². The van der Waals surface area contributed by atoms with Crippen LogP contribution in [0.15, 0.2) is 12.4 Å². The maximum absolute atomic E-state index is 12.6. The van der Waals surface area contributed by atoms with Crippen molar-refractivity contribution in [1.29, 1.82) is 0 Å². The molecule has 1 aliphatic rings. The van der Waals surface area contributed by atoms with E-state index < -0.39 is 6.10 Å². The van der Waals surface area contributed by atoms with Crippen LogP contribution in [0.25, 0.3) is 0 Å². The van der Waals surface area contributed by atoms with Gasteiger partial charge in [0.2, 0.25) is 0 Å². The molecule has 2 rings (SSSR count). The number of aliphatic hydroxyl groups is 1. The van der Waals surface area contributed by atoms with Crippen molar-refractivity contribution in [1.82, 2.24) is 19.6 Å². The smallest absolute Gasteiger partial charge is 0.257 e. The summed E-state index contributed by atoms with van der Waals surface area (Å²) in [5, 5.41) is 14.2. The van der Waals surface area contributed by atoms with E-state index in [-0.39, 0.29) is 11.4 Å². The van der Waals surface area contributed by atoms with Gasteiger partial charge in [-0.15, -0.1) is 0 Å². The Morgan fingerprint density at radius 3 is 2.54 bits per heavy atom. The maximum atomic E-state index is 12.6. The average molecular weight is 338 g/mol. The van der Waals surface area contributed by atoms with E-state index in [2.05, 4.69) is 30.8 Å². The number of piperazine rings is 1. The molecule has 1 N–H and O–H groups in total. The van der Waals surface area contributed by atoms with Gasteiger partial charge in [-0.2, -0.15) is 5.10 Å². The van der Waals surface area contributed by atoms with Gasteiger partial charge in [0.05, 0.1) is 30.0 Å². The molecule has 1 fully saturated rings. The summed E-state index contributed by atoms with van der Waals surface area (Å²) in [7, 11) is 0. The number of aromatic nitrogens is 2. The van der Waals surface area contributed by atoms with Crippen molar-refractivity contribution in [3.05, 3.63) is 18.0 Å². The van der Waals surface area contributed by atoms with E-state index in [1.54, 1.807) is 6.20 Å². The van der Waals surface area contributed by atoms with E-state index >= 15 is 0 Å². The number of hydrogen-bond acceptors (Lipinski definition) is 5. The van der Waals surface area contributed by atoms with Gasteiger partial charge in [-0.3, -0.25) is 14.4 Å². The van der Waals surface area contributed by atoms with Gasteiger partial charge in [-0.05, 0) is 27.7 Å². The molecule has 0 spiro atoms. The number of amides is 1. The highest BCUT2D eigenvalue weighted by molar-refractivity contribution is 5.93. The van der Waals surface area contributed by atoms with E-state index in [0.29, 0.717) is 38.4 Å². The molecule has 0 aliphatic carbocycles. The molecule has 2 heterocycles.